The van der Waals surface area contributed by atoms with Crippen LogP contribution in [0.3, 0.4) is 0 Å². The lowest BCUT2D eigenvalue weighted by atomic mass is 10.0. The van der Waals surface area contributed by atoms with Crippen LogP contribution in [-0.2, 0) is 33.3 Å². The van der Waals surface area contributed by atoms with Crippen LogP contribution in [0.4, 0.5) is 0 Å². The Bertz CT molecular complexity index is 1640. The van der Waals surface area contributed by atoms with Crippen molar-refractivity contribution in [3.63, 3.8) is 0 Å². The first-order chi connectivity index (χ1) is 40.6. The van der Waals surface area contributed by atoms with Crippen molar-refractivity contribution in [1.82, 2.24) is 0 Å². The topological polar surface area (TPSA) is 108 Å². The summed E-state index contributed by atoms with van der Waals surface area (Å²) in [7, 11) is 5.98. The molecule has 9 nitrogen and oxygen atoms in total. The average Bonchev–Trinajstić information content (AvgIpc) is 3.46. The zero-order valence-electron chi connectivity index (χ0n) is 54.8. The molecule has 0 aromatic rings. The molecule has 0 rings (SSSR count). The van der Waals surface area contributed by atoms with Gasteiger partial charge in [0.15, 0.2) is 6.10 Å². The zero-order chi connectivity index (χ0) is 60.5. The number of unbranched alkanes of at least 4 members (excludes halogenated alkanes) is 35. The number of hydrogen-bond acceptors (Lipinski definition) is 7. The molecule has 2 unspecified atom stereocenters. The van der Waals surface area contributed by atoms with Crippen molar-refractivity contribution in [2.75, 3.05) is 47.5 Å². The third-order valence-corrected chi connectivity index (χ3v) is 15.1. The van der Waals surface area contributed by atoms with Gasteiger partial charge < -0.3 is 28.5 Å². The van der Waals surface area contributed by atoms with E-state index in [1.807, 2.05) is 21.1 Å². The van der Waals surface area contributed by atoms with Gasteiger partial charge in [-0.25, -0.2) is 4.79 Å². The quantitative estimate of drug-likeness (QED) is 0.0211. The number of quaternary nitrogens is 1. The van der Waals surface area contributed by atoms with E-state index in [1.165, 1.54) is 193 Å². The number of carbonyl (C=O) groups excluding carboxylic acids is 2. The summed E-state index contributed by atoms with van der Waals surface area (Å²) in [5.41, 5.74) is 0. The number of ether oxygens (including phenoxy) is 4. The van der Waals surface area contributed by atoms with E-state index < -0.39 is 24.3 Å². The number of hydrogen-bond donors (Lipinski definition) is 1. The lowest BCUT2D eigenvalue weighted by Gasteiger charge is -2.25. The van der Waals surface area contributed by atoms with Crippen LogP contribution in [0.2, 0.25) is 0 Å². The van der Waals surface area contributed by atoms with Crippen LogP contribution < -0.4 is 0 Å². The standard InChI is InChI=1S/C74H131NO8/c1-6-8-10-12-14-16-18-20-22-24-26-28-30-32-34-35-36-37-39-40-42-44-46-48-50-52-54-56-58-60-62-64-71(76)81-68-70(69-82-74(73(78)79)80-67-66-75(3,4)5)83-72(77)65-63-61-59-57-55-53-51-49-47-45-43-41-38-33-31-29-27-25-23-21-19-17-15-13-11-9-7-2/h9,11,15,17,21,23-24,26-27,29,33,38,43,45,70,74H,6-8,10,12-14,16,18-20,22,25,28,30-32,34-37,39-42,44,46-69H2,1-5H3/p+1/b11-9-,17-15-,23-21-,26-24-,29-27-,38-33-,45-43-. The van der Waals surface area contributed by atoms with Gasteiger partial charge in [-0.3, -0.25) is 9.59 Å². The molecular formula is C74H132NO8+. The Morgan fingerprint density at radius 1 is 0.373 bits per heavy atom. The molecule has 0 aromatic heterocycles. The fraction of sp³-hybridized carbons (Fsp3) is 0.770. The van der Waals surface area contributed by atoms with Crippen molar-refractivity contribution in [2.45, 2.75) is 322 Å². The van der Waals surface area contributed by atoms with Crippen molar-refractivity contribution in [3.8, 4) is 0 Å². The fourth-order valence-corrected chi connectivity index (χ4v) is 9.84. The van der Waals surface area contributed by atoms with Crippen molar-refractivity contribution >= 4 is 17.9 Å². The molecule has 480 valence electrons. The van der Waals surface area contributed by atoms with Crippen LogP contribution in [0.1, 0.15) is 309 Å². The molecular weight excluding hydrogens is 1030 g/mol. The van der Waals surface area contributed by atoms with Crippen LogP contribution in [0.15, 0.2) is 85.1 Å². The first-order valence-electron chi connectivity index (χ1n) is 34.8. The number of carboxylic acids is 1. The monoisotopic (exact) mass is 1160 g/mol. The van der Waals surface area contributed by atoms with E-state index in [2.05, 4.69) is 98.9 Å². The van der Waals surface area contributed by atoms with Crippen LogP contribution >= 0.6 is 0 Å². The minimum absolute atomic E-state index is 0.183. The molecule has 0 amide bonds. The Morgan fingerprint density at radius 3 is 1.04 bits per heavy atom. The number of aliphatic carboxylic acids is 1. The molecule has 0 aromatic carbocycles. The van der Waals surface area contributed by atoms with Gasteiger partial charge in [0.1, 0.15) is 13.2 Å². The molecule has 0 aliphatic heterocycles. The van der Waals surface area contributed by atoms with Crippen molar-refractivity contribution in [2.24, 2.45) is 0 Å². The number of nitrogens with zero attached hydrogens (tertiary/aromatic N) is 1. The van der Waals surface area contributed by atoms with Gasteiger partial charge in [-0.1, -0.05) is 292 Å². The Labute approximate surface area is 512 Å². The molecule has 83 heavy (non-hydrogen) atoms. The Hall–Kier alpha value is -3.53. The molecule has 0 aliphatic carbocycles. The Balaban J connectivity index is 4.13. The third kappa shape index (κ3) is 65.9. The Morgan fingerprint density at radius 2 is 0.687 bits per heavy atom. The summed E-state index contributed by atoms with van der Waals surface area (Å²) in [5, 5.41) is 9.74. The van der Waals surface area contributed by atoms with E-state index >= 15 is 0 Å². The van der Waals surface area contributed by atoms with E-state index in [0.717, 1.165) is 83.5 Å². The molecule has 1 N–H and O–H groups in total. The summed E-state index contributed by atoms with van der Waals surface area (Å²) < 4.78 is 23.0. The molecule has 9 heteroatoms. The summed E-state index contributed by atoms with van der Waals surface area (Å²) in [6, 6.07) is 0. The predicted molar refractivity (Wildman–Crippen MR) is 355 cm³/mol. The number of esters is 2. The fourth-order valence-electron chi connectivity index (χ4n) is 9.84. The maximum Gasteiger partial charge on any atom is 0.361 e. The minimum atomic E-state index is -1.52. The second-order valence-electron chi connectivity index (χ2n) is 24.5. The summed E-state index contributed by atoms with van der Waals surface area (Å²) >= 11 is 0. The lowest BCUT2D eigenvalue weighted by Crippen LogP contribution is -2.40. The van der Waals surface area contributed by atoms with Gasteiger partial charge in [-0.2, -0.15) is 0 Å². The smallest absolute Gasteiger partial charge is 0.361 e. The van der Waals surface area contributed by atoms with Crippen molar-refractivity contribution < 1.29 is 42.9 Å². The van der Waals surface area contributed by atoms with Crippen molar-refractivity contribution in [3.05, 3.63) is 85.1 Å². The molecule has 0 saturated carbocycles. The third-order valence-electron chi connectivity index (χ3n) is 15.1. The maximum atomic E-state index is 12.9. The second-order valence-corrected chi connectivity index (χ2v) is 24.5. The predicted octanol–water partition coefficient (Wildman–Crippen LogP) is 21.5. The van der Waals surface area contributed by atoms with Gasteiger partial charge in [0.25, 0.3) is 6.29 Å². The molecule has 0 radical (unpaired) electrons. The van der Waals surface area contributed by atoms with Gasteiger partial charge in [0.2, 0.25) is 0 Å². The van der Waals surface area contributed by atoms with Gasteiger partial charge in [-0.15, -0.1) is 0 Å². The van der Waals surface area contributed by atoms with Gasteiger partial charge >= 0.3 is 17.9 Å². The number of carbonyl (C=O) groups is 3. The van der Waals surface area contributed by atoms with Gasteiger partial charge in [0.05, 0.1) is 34.4 Å². The van der Waals surface area contributed by atoms with E-state index in [0.29, 0.717) is 23.9 Å². The number of allylic oxidation sites excluding steroid dienone is 14. The summed E-state index contributed by atoms with van der Waals surface area (Å²) in [5.74, 6) is -2.01. The molecule has 0 spiro atoms. The lowest BCUT2D eigenvalue weighted by molar-refractivity contribution is -0.870. The molecule has 0 saturated heterocycles. The van der Waals surface area contributed by atoms with E-state index in [9.17, 15) is 19.5 Å². The molecule has 0 fully saturated rings. The molecule has 0 aliphatic rings. The highest BCUT2D eigenvalue weighted by Crippen LogP contribution is 2.18. The second kappa shape index (κ2) is 64.5. The van der Waals surface area contributed by atoms with E-state index in [4.69, 9.17) is 18.9 Å². The number of rotatable bonds is 64. The van der Waals surface area contributed by atoms with E-state index in [-0.39, 0.29) is 32.2 Å². The average molecular weight is 1160 g/mol. The summed E-state index contributed by atoms with van der Waals surface area (Å²) in [6.45, 7) is 4.79. The van der Waals surface area contributed by atoms with Crippen LogP contribution in [0.25, 0.3) is 0 Å². The highest BCUT2D eigenvalue weighted by molar-refractivity contribution is 5.71. The van der Waals surface area contributed by atoms with Crippen LogP contribution in [0.5, 0.6) is 0 Å². The first-order valence-corrected chi connectivity index (χ1v) is 34.8. The van der Waals surface area contributed by atoms with Crippen molar-refractivity contribution in [1.29, 1.82) is 0 Å². The van der Waals surface area contributed by atoms with Gasteiger partial charge in [0, 0.05) is 12.8 Å². The SMILES string of the molecule is CC/C=C\C/C=C\C/C=C\C/C=C\C/C=C\C/C=C\CCCCCCCCCCC(=O)OC(COC(=O)CCCCCCCCCCCCCCCCCCCCC/C=C\CCCCCCCCCC)COC(OCC[N+](C)(C)C)C(=O)O. The molecule has 0 bridgehead atoms. The largest absolute Gasteiger partial charge is 0.477 e. The number of likely N-dealkylation sites (N-methyl/N-ethyl adjacent to an activating group) is 1. The van der Waals surface area contributed by atoms with Crippen LogP contribution in [-0.4, -0.2) is 87.4 Å². The molecule has 2 atom stereocenters. The normalized spacial score (nSPS) is 13.2. The van der Waals surface area contributed by atoms with Crippen LogP contribution in [0, 0.1) is 0 Å². The zero-order valence-corrected chi connectivity index (χ0v) is 54.8. The highest BCUT2D eigenvalue weighted by atomic mass is 16.7. The minimum Gasteiger partial charge on any atom is -0.477 e. The van der Waals surface area contributed by atoms with E-state index in [1.54, 1.807) is 0 Å². The van der Waals surface area contributed by atoms with Gasteiger partial charge in [-0.05, 0) is 89.9 Å². The Kier molecular flexibility index (Phi) is 61.7. The maximum absolute atomic E-state index is 12.9. The molecule has 0 heterocycles. The highest BCUT2D eigenvalue weighted by Gasteiger charge is 2.25. The summed E-state index contributed by atoms with van der Waals surface area (Å²) in [4.78, 5) is 37.6. The first kappa shape index (κ1) is 79.5. The summed E-state index contributed by atoms with van der Waals surface area (Å²) in [6.07, 6.45) is 84.1. The number of carboxylic acid groups (broad SMARTS) is 1.